The van der Waals surface area contributed by atoms with E-state index in [1.807, 2.05) is 17.9 Å². The van der Waals surface area contributed by atoms with Crippen LogP contribution in [0.25, 0.3) is 0 Å². The Kier molecular flexibility index (Phi) is 3.73. The number of methoxy groups -OCH3 is 1. The van der Waals surface area contributed by atoms with E-state index in [-0.39, 0.29) is 0 Å². The second-order valence-electron chi connectivity index (χ2n) is 6.27. The second-order valence-corrected chi connectivity index (χ2v) is 6.27. The Hall–Kier alpha value is -1.07. The number of hydrogen-bond donors (Lipinski definition) is 1. The van der Waals surface area contributed by atoms with Crippen LogP contribution in [0, 0.1) is 5.92 Å². The summed E-state index contributed by atoms with van der Waals surface area (Å²) in [5.41, 5.74) is 1.18. The molecule has 1 aromatic heterocycles. The van der Waals surface area contributed by atoms with Crippen LogP contribution in [0.2, 0.25) is 0 Å². The fourth-order valence-corrected chi connectivity index (χ4v) is 4.26. The molecular weight excluding hydrogens is 252 g/mol. The van der Waals surface area contributed by atoms with E-state index in [1.165, 1.54) is 31.4 Å². The van der Waals surface area contributed by atoms with Crippen LogP contribution >= 0.6 is 0 Å². The van der Waals surface area contributed by atoms with Crippen molar-refractivity contribution < 1.29 is 4.74 Å². The number of piperidine rings is 1. The molecule has 0 aliphatic carbocycles. The minimum atomic E-state index is 0.328. The number of rotatable bonds is 4. The van der Waals surface area contributed by atoms with Gasteiger partial charge in [-0.15, -0.1) is 0 Å². The minimum Gasteiger partial charge on any atom is -0.493 e. The first-order valence-corrected chi connectivity index (χ1v) is 7.60. The molecule has 0 spiro atoms. The minimum absolute atomic E-state index is 0.328. The highest BCUT2D eigenvalue weighted by Gasteiger charge is 2.42. The molecule has 3 heterocycles. The van der Waals surface area contributed by atoms with Crippen LogP contribution in [-0.4, -0.2) is 48.0 Å². The third-order valence-electron chi connectivity index (χ3n) is 5.38. The van der Waals surface area contributed by atoms with Gasteiger partial charge in [-0.3, -0.25) is 4.68 Å². The predicted octanol–water partition coefficient (Wildman–Crippen LogP) is 1.56. The van der Waals surface area contributed by atoms with Crippen molar-refractivity contribution in [2.45, 2.75) is 43.8 Å². The number of nitrogens with zero attached hydrogens (tertiary/aromatic N) is 3. The van der Waals surface area contributed by atoms with Gasteiger partial charge in [-0.05, 0) is 45.7 Å². The maximum Gasteiger partial charge on any atom is 0.161 e. The Bertz CT molecular complexity index is 458. The molecule has 112 valence electrons. The molecule has 2 fully saturated rings. The lowest BCUT2D eigenvalue weighted by molar-refractivity contribution is 0.111. The average molecular weight is 278 g/mol. The van der Waals surface area contributed by atoms with E-state index < -0.39 is 0 Å². The van der Waals surface area contributed by atoms with Crippen molar-refractivity contribution in [2.75, 3.05) is 21.2 Å². The molecule has 1 aromatic rings. The Balaban J connectivity index is 1.85. The highest BCUT2D eigenvalue weighted by atomic mass is 16.5. The number of hydrogen-bond acceptors (Lipinski definition) is 4. The van der Waals surface area contributed by atoms with Crippen molar-refractivity contribution in [1.82, 2.24) is 20.0 Å². The van der Waals surface area contributed by atoms with Gasteiger partial charge in [0.1, 0.15) is 0 Å². The quantitative estimate of drug-likeness (QED) is 0.907. The van der Waals surface area contributed by atoms with Crippen LogP contribution < -0.4 is 10.1 Å². The van der Waals surface area contributed by atoms with Crippen molar-refractivity contribution in [3.05, 3.63) is 11.9 Å². The Labute approximate surface area is 121 Å². The van der Waals surface area contributed by atoms with E-state index in [9.17, 15) is 0 Å². The highest BCUT2D eigenvalue weighted by molar-refractivity contribution is 5.29. The summed E-state index contributed by atoms with van der Waals surface area (Å²) in [6.07, 6.45) is 7.08. The van der Waals surface area contributed by atoms with Gasteiger partial charge in [-0.1, -0.05) is 0 Å². The summed E-state index contributed by atoms with van der Waals surface area (Å²) in [4.78, 5) is 2.59. The fraction of sp³-hybridized carbons (Fsp3) is 0.800. The highest BCUT2D eigenvalue weighted by Crippen LogP contribution is 2.43. The van der Waals surface area contributed by atoms with Crippen molar-refractivity contribution in [2.24, 2.45) is 13.0 Å². The molecular formula is C15H26N4O. The van der Waals surface area contributed by atoms with Gasteiger partial charge in [0.15, 0.2) is 5.75 Å². The van der Waals surface area contributed by atoms with E-state index in [4.69, 9.17) is 4.74 Å². The zero-order valence-corrected chi connectivity index (χ0v) is 13.0. The number of aryl methyl sites for hydroxylation is 1. The molecule has 5 nitrogen and oxygen atoms in total. The van der Waals surface area contributed by atoms with Gasteiger partial charge in [0.2, 0.25) is 0 Å². The summed E-state index contributed by atoms with van der Waals surface area (Å²) in [5, 5.41) is 7.88. The van der Waals surface area contributed by atoms with Gasteiger partial charge >= 0.3 is 0 Å². The van der Waals surface area contributed by atoms with E-state index in [0.717, 1.165) is 17.8 Å². The molecule has 20 heavy (non-hydrogen) atoms. The van der Waals surface area contributed by atoms with Gasteiger partial charge < -0.3 is 15.0 Å². The summed E-state index contributed by atoms with van der Waals surface area (Å²) in [6, 6.07) is 1.84. The van der Waals surface area contributed by atoms with Gasteiger partial charge in [0.25, 0.3) is 0 Å². The first kappa shape index (κ1) is 13.9. The largest absolute Gasteiger partial charge is 0.493 e. The maximum atomic E-state index is 5.50. The molecule has 1 N–H and O–H groups in total. The van der Waals surface area contributed by atoms with Crippen molar-refractivity contribution in [3.8, 4) is 5.75 Å². The third kappa shape index (κ3) is 2.13. The van der Waals surface area contributed by atoms with E-state index in [0.29, 0.717) is 12.0 Å². The smallest absolute Gasteiger partial charge is 0.161 e. The van der Waals surface area contributed by atoms with Crippen molar-refractivity contribution in [1.29, 1.82) is 0 Å². The molecule has 3 atom stereocenters. The number of fused-ring (bicyclic) bond motifs is 2. The molecule has 0 amide bonds. The molecule has 2 bridgehead atoms. The van der Waals surface area contributed by atoms with Gasteiger partial charge in [-0.25, -0.2) is 0 Å². The normalized spacial score (nSPS) is 31.5. The Morgan fingerprint density at radius 2 is 1.95 bits per heavy atom. The summed E-state index contributed by atoms with van der Waals surface area (Å²) in [7, 11) is 8.08. The number of ether oxygens (including phenoxy) is 1. The van der Waals surface area contributed by atoms with Crippen LogP contribution in [-0.2, 0) is 7.05 Å². The lowest BCUT2D eigenvalue weighted by Crippen LogP contribution is -2.43. The molecule has 0 aromatic carbocycles. The third-order valence-corrected chi connectivity index (χ3v) is 5.38. The topological polar surface area (TPSA) is 42.3 Å². The van der Waals surface area contributed by atoms with Gasteiger partial charge in [0.05, 0.1) is 25.0 Å². The molecule has 2 saturated heterocycles. The van der Waals surface area contributed by atoms with Gasteiger partial charge in [0, 0.05) is 19.1 Å². The molecule has 5 heteroatoms. The van der Waals surface area contributed by atoms with E-state index >= 15 is 0 Å². The zero-order chi connectivity index (χ0) is 14.3. The molecule has 3 unspecified atom stereocenters. The molecule has 0 radical (unpaired) electrons. The summed E-state index contributed by atoms with van der Waals surface area (Å²) in [6.45, 7) is 0. The maximum absolute atomic E-state index is 5.50. The second kappa shape index (κ2) is 5.37. The summed E-state index contributed by atoms with van der Waals surface area (Å²) >= 11 is 0. The van der Waals surface area contributed by atoms with E-state index in [1.54, 1.807) is 7.11 Å². The summed E-state index contributed by atoms with van der Waals surface area (Å²) < 4.78 is 7.46. The lowest BCUT2D eigenvalue weighted by Gasteiger charge is -2.39. The predicted molar refractivity (Wildman–Crippen MR) is 78.9 cm³/mol. The van der Waals surface area contributed by atoms with Crippen LogP contribution in [0.15, 0.2) is 6.20 Å². The van der Waals surface area contributed by atoms with Gasteiger partial charge in [-0.2, -0.15) is 5.10 Å². The average Bonchev–Trinajstić information content (AvgIpc) is 2.88. The monoisotopic (exact) mass is 278 g/mol. The Morgan fingerprint density at radius 1 is 1.30 bits per heavy atom. The summed E-state index contributed by atoms with van der Waals surface area (Å²) in [5.74, 6) is 1.57. The molecule has 2 aliphatic heterocycles. The van der Waals surface area contributed by atoms with Crippen molar-refractivity contribution >= 4 is 0 Å². The standard InChI is InChI=1S/C15H26N4O/c1-16-14(15-13(20-4)9-17-19(15)3)10-7-11-5-6-12(8-10)18(11)2/h9-12,14,16H,5-8H2,1-4H3. The SMILES string of the molecule is CNC(c1c(OC)cnn1C)C1CC2CCC(C1)N2C. The van der Waals surface area contributed by atoms with E-state index in [2.05, 4.69) is 29.4 Å². The first-order valence-electron chi connectivity index (χ1n) is 7.60. The molecule has 3 rings (SSSR count). The van der Waals surface area contributed by atoms with Crippen LogP contribution in [0.3, 0.4) is 0 Å². The zero-order valence-electron chi connectivity index (χ0n) is 13.0. The number of nitrogens with one attached hydrogen (secondary N) is 1. The fourth-order valence-electron chi connectivity index (χ4n) is 4.26. The lowest BCUT2D eigenvalue weighted by atomic mass is 9.83. The van der Waals surface area contributed by atoms with Crippen LogP contribution in [0.4, 0.5) is 0 Å². The van der Waals surface area contributed by atoms with Crippen LogP contribution in [0.1, 0.15) is 37.4 Å². The van der Waals surface area contributed by atoms with Crippen molar-refractivity contribution in [3.63, 3.8) is 0 Å². The first-order chi connectivity index (χ1) is 9.65. The Morgan fingerprint density at radius 3 is 2.50 bits per heavy atom. The molecule has 2 aliphatic rings. The number of aromatic nitrogens is 2. The molecule has 0 saturated carbocycles. The van der Waals surface area contributed by atoms with Crippen LogP contribution in [0.5, 0.6) is 5.75 Å².